The van der Waals surface area contributed by atoms with E-state index >= 15 is 0 Å². The van der Waals surface area contributed by atoms with Crippen molar-refractivity contribution in [2.24, 2.45) is 0 Å². The molecule has 0 bridgehead atoms. The van der Waals surface area contributed by atoms with E-state index < -0.39 is 49.7 Å². The van der Waals surface area contributed by atoms with E-state index in [-0.39, 0.29) is 46.1 Å². The highest BCUT2D eigenvalue weighted by molar-refractivity contribution is 6.30. The highest BCUT2D eigenvalue weighted by Gasteiger charge is 2.45. The highest BCUT2D eigenvalue weighted by Crippen LogP contribution is 2.43. The van der Waals surface area contributed by atoms with Gasteiger partial charge in [-0.05, 0) is 30.0 Å². The molecule has 5 atom stereocenters. The van der Waals surface area contributed by atoms with Crippen LogP contribution in [0.2, 0.25) is 0 Å². The van der Waals surface area contributed by atoms with E-state index in [1.807, 2.05) is 30.3 Å². The summed E-state index contributed by atoms with van der Waals surface area (Å²) >= 11 is 0. The van der Waals surface area contributed by atoms with Gasteiger partial charge < -0.3 is 39.7 Å². The summed E-state index contributed by atoms with van der Waals surface area (Å²) in [6, 6.07) is 17.6. The van der Waals surface area contributed by atoms with Crippen LogP contribution in [0.3, 0.4) is 0 Å². The molecular weight excluding hydrogens is 520 g/mol. The minimum atomic E-state index is -1.72. The fourth-order valence-corrected chi connectivity index (χ4v) is 5.11. The monoisotopic (exact) mass is 550 g/mol. The van der Waals surface area contributed by atoms with Gasteiger partial charge in [-0.25, -0.2) is 0 Å². The second-order valence-corrected chi connectivity index (χ2v) is 9.69. The predicted octanol–water partition coefficient (Wildman–Crippen LogP) is 0.797. The number of fused-ring (bicyclic) bond motifs is 2. The average molecular weight is 551 g/mol. The van der Waals surface area contributed by atoms with Crippen molar-refractivity contribution >= 4 is 11.6 Å². The average Bonchev–Trinajstić information content (AvgIpc) is 2.98. The number of rotatable bonds is 9. The summed E-state index contributed by atoms with van der Waals surface area (Å²) in [5.41, 5.74) is 2.06. The highest BCUT2D eigenvalue weighted by atomic mass is 16.7. The third kappa shape index (κ3) is 5.13. The summed E-state index contributed by atoms with van der Waals surface area (Å²) in [6.45, 7) is -1.29. The second kappa shape index (κ2) is 11.8. The fraction of sp³-hybridized carbons (Fsp3) is 0.333. The topological polar surface area (TPSA) is 163 Å². The van der Waals surface area contributed by atoms with Gasteiger partial charge in [0.1, 0.15) is 31.0 Å². The molecule has 5 N–H and O–H groups in total. The molecule has 1 aliphatic heterocycles. The summed E-state index contributed by atoms with van der Waals surface area (Å²) in [6.07, 6.45) is -6.91. The van der Waals surface area contributed by atoms with Gasteiger partial charge in [-0.15, -0.1) is 0 Å². The quantitative estimate of drug-likeness (QED) is 0.201. The first-order chi connectivity index (χ1) is 19.3. The lowest BCUT2D eigenvalue weighted by atomic mass is 9.80. The zero-order chi connectivity index (χ0) is 28.4. The number of hydrogen-bond acceptors (Lipinski definition) is 10. The van der Waals surface area contributed by atoms with E-state index in [4.69, 9.17) is 14.2 Å². The van der Waals surface area contributed by atoms with E-state index in [1.54, 1.807) is 24.3 Å². The molecule has 0 amide bonds. The normalized spacial score (nSPS) is 23.9. The number of hydrogen-bond donors (Lipinski definition) is 5. The Balaban J connectivity index is 1.64. The number of ether oxygens (including phenoxy) is 3. The summed E-state index contributed by atoms with van der Waals surface area (Å²) in [7, 11) is 0. The molecule has 3 aromatic rings. The van der Waals surface area contributed by atoms with Gasteiger partial charge in [0.25, 0.3) is 0 Å². The van der Waals surface area contributed by atoms with Crippen LogP contribution in [0.5, 0.6) is 11.5 Å². The van der Waals surface area contributed by atoms with Crippen molar-refractivity contribution in [2.75, 3.05) is 19.8 Å². The number of carbonyl (C=O) groups is 2. The number of aryl methyl sites for hydroxylation is 2. The van der Waals surface area contributed by atoms with Crippen molar-refractivity contribution in [1.82, 2.24) is 0 Å². The third-order valence-corrected chi connectivity index (χ3v) is 7.15. The van der Waals surface area contributed by atoms with Crippen molar-refractivity contribution in [3.05, 3.63) is 94.0 Å². The third-order valence-electron chi connectivity index (χ3n) is 7.15. The Morgan fingerprint density at radius 1 is 0.775 bits per heavy atom. The largest absolute Gasteiger partial charge is 0.486 e. The maximum atomic E-state index is 13.8. The molecule has 0 spiro atoms. The number of aliphatic hydroxyl groups is 5. The fourth-order valence-electron chi connectivity index (χ4n) is 5.11. The molecule has 40 heavy (non-hydrogen) atoms. The first kappa shape index (κ1) is 27.9. The minimum absolute atomic E-state index is 0.0395. The lowest BCUT2D eigenvalue weighted by Crippen LogP contribution is -2.60. The lowest BCUT2D eigenvalue weighted by molar-refractivity contribution is -0.277. The van der Waals surface area contributed by atoms with Crippen LogP contribution in [0.1, 0.15) is 43.0 Å². The first-order valence-corrected chi connectivity index (χ1v) is 13.0. The van der Waals surface area contributed by atoms with Crippen LogP contribution in [-0.4, -0.2) is 87.6 Å². The maximum Gasteiger partial charge on any atom is 0.229 e. The molecule has 3 aromatic carbocycles. The minimum Gasteiger partial charge on any atom is -0.486 e. The molecule has 0 radical (unpaired) electrons. The SMILES string of the molecule is O=C1c2ccccc2C(=O)c2c(OCCO)c(OC3OC(CO)C(O)C(O)C3O)cc(CCc3ccccc3)c21. The van der Waals surface area contributed by atoms with Crippen LogP contribution in [-0.2, 0) is 17.6 Å². The van der Waals surface area contributed by atoms with Crippen LogP contribution >= 0.6 is 0 Å². The molecule has 0 saturated carbocycles. The Bertz CT molecular complexity index is 1390. The van der Waals surface area contributed by atoms with Gasteiger partial charge in [-0.1, -0.05) is 54.6 Å². The van der Waals surface area contributed by atoms with E-state index in [0.717, 1.165) is 5.56 Å². The Hall–Kier alpha value is -3.64. The molecular formula is C30H30O10. The number of ketones is 2. The van der Waals surface area contributed by atoms with Crippen molar-refractivity contribution in [1.29, 1.82) is 0 Å². The molecule has 2 aliphatic rings. The summed E-state index contributed by atoms with van der Waals surface area (Å²) < 4.78 is 17.2. The van der Waals surface area contributed by atoms with Gasteiger partial charge >= 0.3 is 0 Å². The maximum absolute atomic E-state index is 13.8. The molecule has 210 valence electrons. The molecule has 1 aliphatic carbocycles. The Kier molecular flexibility index (Phi) is 8.27. The standard InChI is InChI=1S/C30H30O10/c31-12-13-38-29-20(39-30-28(37)27(36)26(35)21(15-32)40-30)14-17(11-10-16-6-2-1-3-7-16)22-23(29)25(34)19-9-5-4-8-18(19)24(22)33/h1-9,14,21,26-28,30-32,35-37H,10-13,15H2. The molecule has 5 rings (SSSR count). The van der Waals surface area contributed by atoms with E-state index in [0.29, 0.717) is 18.4 Å². The van der Waals surface area contributed by atoms with E-state index in [9.17, 15) is 35.1 Å². The molecule has 10 heteroatoms. The smallest absolute Gasteiger partial charge is 0.229 e. The molecule has 10 nitrogen and oxygen atoms in total. The van der Waals surface area contributed by atoms with E-state index in [2.05, 4.69) is 0 Å². The van der Waals surface area contributed by atoms with Crippen molar-refractivity contribution < 1.29 is 49.3 Å². The van der Waals surface area contributed by atoms with Crippen molar-refractivity contribution in [3.63, 3.8) is 0 Å². The van der Waals surface area contributed by atoms with Gasteiger partial charge in [0, 0.05) is 16.7 Å². The zero-order valence-corrected chi connectivity index (χ0v) is 21.5. The molecule has 1 saturated heterocycles. The van der Waals surface area contributed by atoms with Gasteiger partial charge in [-0.2, -0.15) is 0 Å². The van der Waals surface area contributed by atoms with Crippen LogP contribution in [0, 0.1) is 0 Å². The lowest BCUT2D eigenvalue weighted by Gasteiger charge is -2.39. The number of aliphatic hydroxyl groups excluding tert-OH is 5. The van der Waals surface area contributed by atoms with Crippen LogP contribution in [0.15, 0.2) is 60.7 Å². The van der Waals surface area contributed by atoms with E-state index in [1.165, 1.54) is 6.07 Å². The summed E-state index contributed by atoms with van der Waals surface area (Å²) in [5.74, 6) is -1.03. The summed E-state index contributed by atoms with van der Waals surface area (Å²) in [5, 5.41) is 50.1. The van der Waals surface area contributed by atoms with Crippen molar-refractivity contribution in [3.8, 4) is 11.5 Å². The Morgan fingerprint density at radius 2 is 1.43 bits per heavy atom. The van der Waals surface area contributed by atoms with Gasteiger partial charge in [-0.3, -0.25) is 9.59 Å². The van der Waals surface area contributed by atoms with Crippen LogP contribution in [0.4, 0.5) is 0 Å². The first-order valence-electron chi connectivity index (χ1n) is 13.0. The summed E-state index contributed by atoms with van der Waals surface area (Å²) in [4.78, 5) is 27.6. The number of benzene rings is 3. The zero-order valence-electron chi connectivity index (χ0n) is 21.5. The van der Waals surface area contributed by atoms with Gasteiger partial charge in [0.2, 0.25) is 6.29 Å². The molecule has 5 unspecified atom stereocenters. The number of carbonyl (C=O) groups excluding carboxylic acids is 2. The van der Waals surface area contributed by atoms with Gasteiger partial charge in [0.15, 0.2) is 23.1 Å². The predicted molar refractivity (Wildman–Crippen MR) is 141 cm³/mol. The molecule has 0 aromatic heterocycles. The molecule has 1 fully saturated rings. The van der Waals surface area contributed by atoms with Crippen LogP contribution in [0.25, 0.3) is 0 Å². The van der Waals surface area contributed by atoms with Crippen molar-refractivity contribution in [2.45, 2.75) is 43.5 Å². The van der Waals surface area contributed by atoms with Crippen LogP contribution < -0.4 is 9.47 Å². The van der Waals surface area contributed by atoms with Gasteiger partial charge in [0.05, 0.1) is 18.8 Å². The second-order valence-electron chi connectivity index (χ2n) is 9.69. The Morgan fingerprint density at radius 3 is 2.08 bits per heavy atom. The molecule has 1 heterocycles. The Labute approximate surface area is 230 Å².